The highest BCUT2D eigenvalue weighted by Crippen LogP contribution is 1.86. The summed E-state index contributed by atoms with van der Waals surface area (Å²) < 4.78 is 0. The van der Waals surface area contributed by atoms with Crippen LogP contribution in [0.3, 0.4) is 0 Å². The van der Waals surface area contributed by atoms with E-state index in [1.54, 1.807) is 0 Å². The first-order valence-electron chi connectivity index (χ1n) is 1.44. The first-order valence-corrected chi connectivity index (χ1v) is 1.82. The fourth-order valence-electron chi connectivity index (χ4n) is 0. The number of rotatable bonds is 0. The lowest BCUT2D eigenvalue weighted by Gasteiger charge is -1.70. The zero-order valence-electron chi connectivity index (χ0n) is 3.38. The highest BCUT2D eigenvalue weighted by Gasteiger charge is 1.64. The molecular weight excluding hydrogens is 83.5 g/mol. The molecule has 0 fully saturated rings. The van der Waals surface area contributed by atoms with Gasteiger partial charge in [0.2, 0.25) is 0 Å². The van der Waals surface area contributed by atoms with E-state index in [2.05, 4.69) is 5.54 Å². The molecule has 0 bridgehead atoms. The molecule has 0 atom stereocenters. The Morgan fingerprint density at radius 2 is 1.80 bits per heavy atom. The van der Waals surface area contributed by atoms with Crippen molar-refractivity contribution in [1.29, 1.82) is 0 Å². The summed E-state index contributed by atoms with van der Waals surface area (Å²) in [6.07, 6.45) is 0. The lowest BCUT2D eigenvalue weighted by atomic mass is 10.4. The molecule has 0 spiro atoms. The molecule has 0 aliphatic carbocycles. The number of hydrogen-bond donors (Lipinski definition) is 0. The van der Waals surface area contributed by atoms with Crippen molar-refractivity contribution >= 4 is 11.6 Å². The minimum absolute atomic E-state index is 1.02. The molecule has 29 valence electrons. The topological polar surface area (TPSA) is 0 Å². The molecule has 0 aliphatic rings. The second kappa shape index (κ2) is 2.28. The highest BCUT2D eigenvalue weighted by molar-refractivity contribution is 6.22. The fraction of sp³-hybridized carbons (Fsp3) is 0.500. The summed E-state index contributed by atoms with van der Waals surface area (Å²) in [4.78, 5) is 0. The van der Waals surface area contributed by atoms with Crippen molar-refractivity contribution in [2.45, 2.75) is 13.8 Å². The third kappa shape index (κ3) is 4.03. The average molecular weight is 89.5 g/mol. The molecule has 0 aromatic carbocycles. The zero-order chi connectivity index (χ0) is 4.28. The van der Waals surface area contributed by atoms with Gasteiger partial charge in [0.25, 0.3) is 0 Å². The van der Waals surface area contributed by atoms with Crippen molar-refractivity contribution in [1.82, 2.24) is 0 Å². The van der Waals surface area contributed by atoms with Gasteiger partial charge in [-0.25, -0.2) is 0 Å². The van der Waals surface area contributed by atoms with Crippen molar-refractivity contribution in [3.63, 3.8) is 0 Å². The molecule has 0 nitrogen and oxygen atoms in total. The Labute approximate surface area is 37.4 Å². The molecule has 0 aliphatic heterocycles. The molecule has 0 N–H and O–H groups in total. The van der Waals surface area contributed by atoms with Crippen LogP contribution < -0.4 is 0 Å². The van der Waals surface area contributed by atoms with Crippen LogP contribution in [-0.2, 0) is 0 Å². The molecule has 0 aromatic heterocycles. The first kappa shape index (κ1) is 5.03. The monoisotopic (exact) mass is 89.0 g/mol. The molecule has 0 rings (SSSR count). The van der Waals surface area contributed by atoms with Gasteiger partial charge in [0.1, 0.15) is 0 Å². The van der Waals surface area contributed by atoms with E-state index in [4.69, 9.17) is 11.6 Å². The minimum atomic E-state index is 1.02. The van der Waals surface area contributed by atoms with Gasteiger partial charge in [-0.15, -0.1) is 0 Å². The van der Waals surface area contributed by atoms with Gasteiger partial charge >= 0.3 is 0 Å². The molecule has 0 saturated heterocycles. The maximum atomic E-state index is 5.05. The maximum absolute atomic E-state index is 5.05. The van der Waals surface area contributed by atoms with Crippen molar-refractivity contribution in [2.24, 2.45) is 0 Å². The number of halogens is 1. The van der Waals surface area contributed by atoms with Gasteiger partial charge < -0.3 is 0 Å². The fourth-order valence-corrected chi connectivity index (χ4v) is 0. The lowest BCUT2D eigenvalue weighted by molar-refractivity contribution is 1.40. The summed E-state index contributed by atoms with van der Waals surface area (Å²) in [6, 6.07) is 0. The normalized spacial score (nSPS) is 7.00. The van der Waals surface area contributed by atoms with Crippen LogP contribution in [0.1, 0.15) is 13.8 Å². The SMILES string of the molecule is CC(C)=[C]Cl. The Kier molecular flexibility index (Phi) is 2.29. The van der Waals surface area contributed by atoms with Crippen molar-refractivity contribution in [3.05, 3.63) is 11.1 Å². The summed E-state index contributed by atoms with van der Waals surface area (Å²) in [5.74, 6) is 0. The molecular formula is C4H6Cl. The van der Waals surface area contributed by atoms with Crippen LogP contribution in [-0.4, -0.2) is 0 Å². The van der Waals surface area contributed by atoms with Crippen LogP contribution >= 0.6 is 11.6 Å². The van der Waals surface area contributed by atoms with Crippen LogP contribution in [0.15, 0.2) is 5.57 Å². The van der Waals surface area contributed by atoms with Crippen LogP contribution in [0, 0.1) is 5.54 Å². The summed E-state index contributed by atoms with van der Waals surface area (Å²) in [5, 5.41) is 0. The average Bonchev–Trinajstić information content (AvgIpc) is 1.38. The minimum Gasteiger partial charge on any atom is -0.0828 e. The standard InChI is InChI=1S/C4H6Cl/c1-4(2)3-5/h1-2H3. The van der Waals surface area contributed by atoms with Gasteiger partial charge in [-0.05, 0) is 13.8 Å². The van der Waals surface area contributed by atoms with E-state index in [1.165, 1.54) is 0 Å². The van der Waals surface area contributed by atoms with Gasteiger partial charge in [-0.2, -0.15) is 0 Å². The maximum Gasteiger partial charge on any atom is 0.0578 e. The van der Waals surface area contributed by atoms with E-state index in [1.807, 2.05) is 13.8 Å². The Balaban J connectivity index is 3.14. The van der Waals surface area contributed by atoms with E-state index in [-0.39, 0.29) is 0 Å². The van der Waals surface area contributed by atoms with Gasteiger partial charge in [-0.3, -0.25) is 0 Å². The predicted octanol–water partition coefficient (Wildman–Crippen LogP) is 1.95. The summed E-state index contributed by atoms with van der Waals surface area (Å²) in [7, 11) is 0. The smallest absolute Gasteiger partial charge is 0.0578 e. The van der Waals surface area contributed by atoms with Gasteiger partial charge in [0, 0.05) is 0 Å². The Morgan fingerprint density at radius 1 is 1.60 bits per heavy atom. The van der Waals surface area contributed by atoms with Crippen LogP contribution in [0.2, 0.25) is 0 Å². The first-order chi connectivity index (χ1) is 2.27. The second-order valence-electron chi connectivity index (χ2n) is 1.09. The third-order valence-corrected chi connectivity index (χ3v) is 0.567. The molecule has 1 heteroatoms. The third-order valence-electron chi connectivity index (χ3n) is 0.189. The highest BCUT2D eigenvalue weighted by atomic mass is 35.5. The second-order valence-corrected chi connectivity index (χ2v) is 1.28. The molecule has 0 heterocycles. The van der Waals surface area contributed by atoms with Gasteiger partial charge in [0.05, 0.1) is 5.54 Å². The molecule has 0 aromatic rings. The van der Waals surface area contributed by atoms with Crippen molar-refractivity contribution in [2.75, 3.05) is 0 Å². The lowest BCUT2D eigenvalue weighted by Crippen LogP contribution is -1.50. The van der Waals surface area contributed by atoms with E-state index in [9.17, 15) is 0 Å². The van der Waals surface area contributed by atoms with Crippen molar-refractivity contribution < 1.29 is 0 Å². The van der Waals surface area contributed by atoms with Crippen LogP contribution in [0.4, 0.5) is 0 Å². The quantitative estimate of drug-likeness (QED) is 0.426. The van der Waals surface area contributed by atoms with Crippen LogP contribution in [0.25, 0.3) is 0 Å². The van der Waals surface area contributed by atoms with E-state index >= 15 is 0 Å². The van der Waals surface area contributed by atoms with E-state index in [0.717, 1.165) is 5.57 Å². The van der Waals surface area contributed by atoms with Gasteiger partial charge in [-0.1, -0.05) is 17.2 Å². The molecule has 5 heavy (non-hydrogen) atoms. The van der Waals surface area contributed by atoms with Crippen molar-refractivity contribution in [3.8, 4) is 0 Å². The van der Waals surface area contributed by atoms with Gasteiger partial charge in [0.15, 0.2) is 0 Å². The summed E-state index contributed by atoms with van der Waals surface area (Å²) in [5.41, 5.74) is 3.44. The Morgan fingerprint density at radius 3 is 1.80 bits per heavy atom. The van der Waals surface area contributed by atoms with E-state index in [0.29, 0.717) is 0 Å². The largest absolute Gasteiger partial charge is 0.0828 e. The predicted molar refractivity (Wildman–Crippen MR) is 24.0 cm³/mol. The zero-order valence-corrected chi connectivity index (χ0v) is 4.13. The molecule has 0 amide bonds. The molecule has 0 unspecified atom stereocenters. The molecule has 1 radical (unpaired) electrons. The Bertz CT molecular complexity index is 41.6. The number of hydrogen-bond acceptors (Lipinski definition) is 0. The molecule has 0 saturated carbocycles. The Hall–Kier alpha value is 0.0300. The summed E-state index contributed by atoms with van der Waals surface area (Å²) in [6.45, 7) is 3.79. The van der Waals surface area contributed by atoms with E-state index < -0.39 is 0 Å². The summed E-state index contributed by atoms with van der Waals surface area (Å²) >= 11 is 5.05. The van der Waals surface area contributed by atoms with Crippen LogP contribution in [0.5, 0.6) is 0 Å². The number of allylic oxidation sites excluding steroid dienone is 1.